The minimum Gasteiger partial charge on any atom is -0.493 e. The van der Waals surface area contributed by atoms with Crippen LogP contribution in [0.4, 0.5) is 0 Å². The van der Waals surface area contributed by atoms with Crippen LogP contribution in [0.2, 0.25) is 0 Å². The van der Waals surface area contributed by atoms with Gasteiger partial charge >= 0.3 is 0 Å². The number of nitrogens with zero attached hydrogens (tertiary/aromatic N) is 2. The highest BCUT2D eigenvalue weighted by Crippen LogP contribution is 2.25. The van der Waals surface area contributed by atoms with Gasteiger partial charge in [-0.25, -0.2) is 0 Å². The number of piperidine rings is 1. The van der Waals surface area contributed by atoms with E-state index in [1.807, 2.05) is 0 Å². The quantitative estimate of drug-likeness (QED) is 0.369. The number of amidine groups is 1. The van der Waals surface area contributed by atoms with Crippen LogP contribution in [0.5, 0.6) is 5.75 Å². The summed E-state index contributed by atoms with van der Waals surface area (Å²) in [5.41, 5.74) is 2.90. The molecule has 0 bridgehead atoms. The van der Waals surface area contributed by atoms with Gasteiger partial charge in [-0.05, 0) is 61.9 Å². The average Bonchev–Trinajstić information content (AvgIpc) is 2.66. The van der Waals surface area contributed by atoms with E-state index in [-0.39, 0.29) is 24.8 Å². The molecule has 3 rings (SSSR count). The van der Waals surface area contributed by atoms with Gasteiger partial charge in [-0.15, -0.1) is 24.8 Å². The van der Waals surface area contributed by atoms with Gasteiger partial charge in [0.15, 0.2) is 0 Å². The van der Waals surface area contributed by atoms with Crippen LogP contribution in [0.3, 0.4) is 0 Å². The van der Waals surface area contributed by atoms with Crippen LogP contribution in [0.1, 0.15) is 56.6 Å². The van der Waals surface area contributed by atoms with Crippen molar-refractivity contribution < 1.29 is 4.74 Å². The Bertz CT molecular complexity index is 603. The summed E-state index contributed by atoms with van der Waals surface area (Å²) in [5, 5.41) is 8.26. The Hall–Kier alpha value is -0.970. The van der Waals surface area contributed by atoms with Crippen molar-refractivity contribution in [2.75, 3.05) is 33.3 Å². The third-order valence-electron chi connectivity index (χ3n) is 5.88. The van der Waals surface area contributed by atoms with Crippen molar-refractivity contribution in [3.05, 3.63) is 29.3 Å². The molecule has 160 valence electrons. The summed E-state index contributed by atoms with van der Waals surface area (Å²) in [5.74, 6) is 2.49. The molecule has 0 spiro atoms. The predicted molar refractivity (Wildman–Crippen MR) is 123 cm³/mol. The van der Waals surface area contributed by atoms with Gasteiger partial charge in [-0.2, -0.15) is 0 Å². The molecule has 0 aromatic heterocycles. The summed E-state index contributed by atoms with van der Waals surface area (Å²) in [6, 6.07) is 6.63. The van der Waals surface area contributed by atoms with Gasteiger partial charge in [0.05, 0.1) is 12.4 Å². The molecule has 1 fully saturated rings. The molecule has 1 aromatic rings. The molecule has 0 radical (unpaired) electrons. The molecule has 0 aliphatic carbocycles. The third-order valence-corrected chi connectivity index (χ3v) is 5.88. The summed E-state index contributed by atoms with van der Waals surface area (Å²) in [4.78, 5) is 4.65. The number of hydrogen-bond acceptors (Lipinski definition) is 3. The van der Waals surface area contributed by atoms with E-state index in [0.717, 1.165) is 76.5 Å². The Balaban J connectivity index is 0.00000196. The van der Waals surface area contributed by atoms with Crippen LogP contribution in [0.15, 0.2) is 18.2 Å². The smallest absolute Gasteiger partial charge is 0.119 e. The summed E-state index contributed by atoms with van der Waals surface area (Å²) < 4.78 is 6.13. The molecule has 2 aliphatic rings. The molecule has 0 amide bonds. The largest absolute Gasteiger partial charge is 0.493 e. The van der Waals surface area contributed by atoms with E-state index < -0.39 is 0 Å². The van der Waals surface area contributed by atoms with Gasteiger partial charge in [0.2, 0.25) is 0 Å². The highest BCUT2D eigenvalue weighted by atomic mass is 35.5. The third kappa shape index (κ3) is 7.13. The highest BCUT2D eigenvalue weighted by molar-refractivity contribution is 5.85. The summed E-state index contributed by atoms with van der Waals surface area (Å²) >= 11 is 0. The number of fused-ring (bicyclic) bond motifs is 1. The average molecular weight is 430 g/mol. The van der Waals surface area contributed by atoms with Crippen molar-refractivity contribution >= 4 is 30.6 Å². The normalized spacial score (nSPS) is 17.3. The van der Waals surface area contributed by atoms with Crippen LogP contribution in [0, 0.1) is 11.3 Å². The fourth-order valence-corrected chi connectivity index (χ4v) is 4.05. The van der Waals surface area contributed by atoms with Crippen LogP contribution in [-0.2, 0) is 13.0 Å². The fourth-order valence-electron chi connectivity index (χ4n) is 4.05. The first kappa shape index (κ1) is 25.1. The second-order valence-electron chi connectivity index (χ2n) is 8.06. The maximum atomic E-state index is 8.26. The zero-order valence-corrected chi connectivity index (χ0v) is 19.0. The van der Waals surface area contributed by atoms with Crippen molar-refractivity contribution in [1.82, 2.24) is 9.80 Å². The Labute approximate surface area is 183 Å². The maximum absolute atomic E-state index is 8.26. The lowest BCUT2D eigenvalue weighted by Crippen LogP contribution is -2.39. The number of likely N-dealkylation sites (N-methyl/N-ethyl adjacent to an activating group) is 1. The van der Waals surface area contributed by atoms with E-state index in [0.29, 0.717) is 5.92 Å². The van der Waals surface area contributed by atoms with Gasteiger partial charge in [-0.1, -0.05) is 25.8 Å². The Morgan fingerprint density at radius 2 is 1.86 bits per heavy atom. The maximum Gasteiger partial charge on any atom is 0.119 e. The van der Waals surface area contributed by atoms with Crippen LogP contribution in [0.25, 0.3) is 0 Å². The van der Waals surface area contributed by atoms with Crippen molar-refractivity contribution in [2.24, 2.45) is 5.92 Å². The minimum atomic E-state index is 0. The Morgan fingerprint density at radius 3 is 2.57 bits per heavy atom. The fraction of sp³-hybridized carbons (Fsp3) is 0.682. The molecule has 28 heavy (non-hydrogen) atoms. The van der Waals surface area contributed by atoms with Gasteiger partial charge in [0, 0.05) is 32.6 Å². The molecule has 1 aromatic carbocycles. The number of ether oxygens (including phenoxy) is 1. The first-order chi connectivity index (χ1) is 12.7. The molecule has 1 N–H and O–H groups in total. The molecule has 4 nitrogen and oxygen atoms in total. The van der Waals surface area contributed by atoms with Gasteiger partial charge in [-0.3, -0.25) is 5.41 Å². The number of nitrogens with one attached hydrogen (secondary N) is 1. The number of hydrogen-bond donors (Lipinski definition) is 1. The van der Waals surface area contributed by atoms with E-state index in [1.54, 1.807) is 0 Å². The van der Waals surface area contributed by atoms with E-state index >= 15 is 0 Å². The van der Waals surface area contributed by atoms with E-state index in [1.165, 1.54) is 24.0 Å². The molecule has 1 saturated heterocycles. The van der Waals surface area contributed by atoms with Gasteiger partial charge in [0.25, 0.3) is 0 Å². The minimum absolute atomic E-state index is 0. The lowest BCUT2D eigenvalue weighted by Gasteiger charge is -2.33. The summed E-state index contributed by atoms with van der Waals surface area (Å²) in [7, 11) is 2.18. The predicted octanol–water partition coefficient (Wildman–Crippen LogP) is 5.17. The van der Waals surface area contributed by atoms with Crippen molar-refractivity contribution in [2.45, 2.75) is 58.4 Å². The highest BCUT2D eigenvalue weighted by Gasteiger charge is 2.21. The molecular formula is C22H37Cl2N3O. The molecule has 2 aliphatic heterocycles. The number of halogens is 2. The monoisotopic (exact) mass is 429 g/mol. The summed E-state index contributed by atoms with van der Waals surface area (Å²) in [6.07, 6.45) is 8.00. The van der Waals surface area contributed by atoms with E-state index in [9.17, 15) is 0 Å². The SMILES string of the molecule is CCCCCC(=N)N1CCC(COc2ccc3c(c2)CN(C)CC3)CC1.Cl.Cl. The lowest BCUT2D eigenvalue weighted by molar-refractivity contribution is 0.179. The first-order valence-corrected chi connectivity index (χ1v) is 10.4. The Morgan fingerprint density at radius 1 is 1.11 bits per heavy atom. The number of unbranched alkanes of at least 4 members (excludes halogenated alkanes) is 2. The van der Waals surface area contributed by atoms with Gasteiger partial charge < -0.3 is 14.5 Å². The second kappa shape index (κ2) is 12.6. The van der Waals surface area contributed by atoms with Crippen LogP contribution in [-0.4, -0.2) is 48.9 Å². The van der Waals surface area contributed by atoms with E-state index in [2.05, 4.69) is 42.0 Å². The van der Waals surface area contributed by atoms with Crippen molar-refractivity contribution in [3.63, 3.8) is 0 Å². The molecule has 6 heteroatoms. The first-order valence-electron chi connectivity index (χ1n) is 10.4. The zero-order chi connectivity index (χ0) is 18.4. The van der Waals surface area contributed by atoms with Crippen molar-refractivity contribution in [3.8, 4) is 5.75 Å². The molecular weight excluding hydrogens is 393 g/mol. The number of likely N-dealkylation sites (tertiary alicyclic amines) is 1. The molecule has 0 saturated carbocycles. The number of rotatable bonds is 7. The van der Waals surface area contributed by atoms with Crippen LogP contribution >= 0.6 is 24.8 Å². The molecule has 2 heterocycles. The zero-order valence-electron chi connectivity index (χ0n) is 17.4. The van der Waals surface area contributed by atoms with Crippen molar-refractivity contribution in [1.29, 1.82) is 5.41 Å². The standard InChI is InChI=1S/C22H35N3O.2ClH/c1-3-4-5-6-22(23)25-13-9-18(10-14-25)17-26-21-8-7-19-11-12-24(2)16-20(19)15-21;;/h7-8,15,18,23H,3-6,9-14,16-17H2,1-2H3;2*1H. The Kier molecular flexibility index (Phi) is 11.2. The lowest BCUT2D eigenvalue weighted by atomic mass is 9.97. The van der Waals surface area contributed by atoms with Gasteiger partial charge in [0.1, 0.15) is 5.75 Å². The molecule has 0 unspecified atom stereocenters. The second-order valence-corrected chi connectivity index (χ2v) is 8.06. The van der Waals surface area contributed by atoms with E-state index in [4.69, 9.17) is 10.1 Å². The van der Waals surface area contributed by atoms with Crippen LogP contribution < -0.4 is 4.74 Å². The number of benzene rings is 1. The topological polar surface area (TPSA) is 39.6 Å². The molecule has 0 atom stereocenters. The summed E-state index contributed by atoms with van der Waals surface area (Å²) in [6.45, 7) is 7.26.